The number of carbonyl (C=O) groups excluding carboxylic acids is 1. The standard InChI is InChI=1S/C10H17F2N2O13P3S/c11-10(12,28(18,19)20)29(21,22)27-30(23,24)25-3-4-6(15)7(16)8(26-4)14-2-1-5(31)13-9(14)17/h4,6-8,15-16H,1-3H2,(H,21,22)(H,23,24)(H,13,17,31)(H2,18,19,20)/t4-,6-,7-,8?/m1/s1. The molecule has 7 N–H and O–H groups in total. The number of carbonyl (C=O) groups is 1. The molecule has 0 bridgehead atoms. The molecule has 0 saturated carbocycles. The first-order chi connectivity index (χ1) is 13.9. The Morgan fingerprint density at radius 2 is 1.77 bits per heavy atom. The van der Waals surface area contributed by atoms with Crippen molar-refractivity contribution in [1.29, 1.82) is 0 Å². The Labute approximate surface area is 177 Å². The number of nitrogens with one attached hydrogen (secondary N) is 1. The number of aliphatic hydroxyl groups is 2. The molecular weight excluding hydrogens is 519 g/mol. The quantitative estimate of drug-likeness (QED) is 0.149. The van der Waals surface area contributed by atoms with Gasteiger partial charge >= 0.3 is 34.5 Å². The lowest BCUT2D eigenvalue weighted by Crippen LogP contribution is -2.56. The molecule has 2 heterocycles. The Balaban J connectivity index is 2.04. The molecule has 2 amide bonds. The largest absolute Gasteiger partial charge is 0.479 e. The summed E-state index contributed by atoms with van der Waals surface area (Å²) < 4.78 is 73.3. The number of ether oxygens (including phenoxy) is 1. The van der Waals surface area contributed by atoms with Crippen molar-refractivity contribution in [3.05, 3.63) is 0 Å². The van der Waals surface area contributed by atoms with Crippen molar-refractivity contribution in [1.82, 2.24) is 10.2 Å². The van der Waals surface area contributed by atoms with E-state index in [2.05, 4.69) is 14.2 Å². The number of aliphatic hydroxyl groups excluding tert-OH is 2. The first kappa shape index (κ1) is 26.8. The molecule has 0 aromatic heterocycles. The van der Waals surface area contributed by atoms with Crippen LogP contribution in [0.3, 0.4) is 0 Å². The summed E-state index contributed by atoms with van der Waals surface area (Å²) in [5.41, 5.74) is 0. The zero-order chi connectivity index (χ0) is 24.0. The van der Waals surface area contributed by atoms with Crippen molar-refractivity contribution in [2.24, 2.45) is 0 Å². The van der Waals surface area contributed by atoms with E-state index in [1.807, 2.05) is 0 Å². The number of nitrogens with zero attached hydrogens (tertiary/aromatic N) is 1. The van der Waals surface area contributed by atoms with E-state index < -0.39 is 65.6 Å². The highest BCUT2D eigenvalue weighted by Gasteiger charge is 2.67. The van der Waals surface area contributed by atoms with Crippen LogP contribution in [0.4, 0.5) is 13.6 Å². The predicted molar refractivity (Wildman–Crippen MR) is 96.8 cm³/mol. The van der Waals surface area contributed by atoms with Crippen LogP contribution in [0.25, 0.3) is 0 Å². The van der Waals surface area contributed by atoms with Crippen LogP contribution >= 0.6 is 35.2 Å². The first-order valence-corrected chi connectivity index (χ1v) is 13.1. The molecule has 21 heteroatoms. The average Bonchev–Trinajstić information content (AvgIpc) is 2.86. The van der Waals surface area contributed by atoms with Gasteiger partial charge in [-0.1, -0.05) is 12.2 Å². The number of amides is 2. The summed E-state index contributed by atoms with van der Waals surface area (Å²) >= 11 is 4.81. The number of halogens is 2. The summed E-state index contributed by atoms with van der Waals surface area (Å²) in [7, 11) is -19.2. The zero-order valence-electron chi connectivity index (χ0n) is 14.9. The lowest BCUT2D eigenvalue weighted by molar-refractivity contribution is -0.0784. The Kier molecular flexibility index (Phi) is 7.84. The van der Waals surface area contributed by atoms with Gasteiger partial charge in [0.05, 0.1) is 11.6 Å². The summed E-state index contributed by atoms with van der Waals surface area (Å²) in [6.45, 7) is -1.20. The fourth-order valence-corrected chi connectivity index (χ4v) is 6.35. The summed E-state index contributed by atoms with van der Waals surface area (Å²) in [5, 5.41) is 16.6. The van der Waals surface area contributed by atoms with Crippen LogP contribution in [0.15, 0.2) is 0 Å². The minimum Gasteiger partial charge on any atom is -0.387 e. The average molecular weight is 536 g/mol. The van der Waals surface area contributed by atoms with Crippen molar-refractivity contribution in [2.45, 2.75) is 36.4 Å². The summed E-state index contributed by atoms with van der Waals surface area (Å²) in [6, 6.07) is -0.772. The number of hydrogen-bond donors (Lipinski definition) is 7. The van der Waals surface area contributed by atoms with Gasteiger partial charge in [-0.2, -0.15) is 8.78 Å². The molecule has 180 valence electrons. The topological polar surface area (TPSA) is 233 Å². The van der Waals surface area contributed by atoms with Gasteiger partial charge in [-0.15, -0.1) is 0 Å². The molecule has 0 aromatic rings. The summed E-state index contributed by atoms with van der Waals surface area (Å²) in [4.78, 5) is 48.4. The van der Waals surface area contributed by atoms with Crippen molar-refractivity contribution < 1.29 is 70.6 Å². The maximum atomic E-state index is 13.4. The third kappa shape index (κ3) is 5.73. The number of phosphoric ester groups is 1. The maximum Gasteiger partial charge on any atom is 0.479 e. The second-order valence-electron chi connectivity index (χ2n) is 6.26. The van der Waals surface area contributed by atoms with Gasteiger partial charge in [0.15, 0.2) is 6.23 Å². The van der Waals surface area contributed by atoms with Gasteiger partial charge in [0.1, 0.15) is 18.3 Å². The van der Waals surface area contributed by atoms with E-state index >= 15 is 0 Å². The van der Waals surface area contributed by atoms with Gasteiger partial charge in [0.2, 0.25) is 0 Å². The van der Waals surface area contributed by atoms with Crippen molar-refractivity contribution in [2.75, 3.05) is 13.2 Å². The highest BCUT2D eigenvalue weighted by Crippen LogP contribution is 2.77. The van der Waals surface area contributed by atoms with E-state index in [0.29, 0.717) is 0 Å². The van der Waals surface area contributed by atoms with Gasteiger partial charge in [0, 0.05) is 13.0 Å². The highest BCUT2D eigenvalue weighted by molar-refractivity contribution is 7.80. The van der Waals surface area contributed by atoms with Crippen molar-refractivity contribution in [3.63, 3.8) is 0 Å². The second kappa shape index (κ2) is 9.06. The van der Waals surface area contributed by atoms with E-state index in [-0.39, 0.29) is 18.0 Å². The number of urea groups is 1. The summed E-state index contributed by atoms with van der Waals surface area (Å²) in [5.74, 6) is 0. The zero-order valence-corrected chi connectivity index (χ0v) is 18.4. The van der Waals surface area contributed by atoms with Crippen LogP contribution in [0.1, 0.15) is 6.42 Å². The number of hydrogen-bond acceptors (Lipinski definition) is 10. The maximum absolute atomic E-state index is 13.4. The molecule has 2 rings (SSSR count). The van der Waals surface area contributed by atoms with E-state index in [1.165, 1.54) is 0 Å². The smallest absolute Gasteiger partial charge is 0.387 e. The highest BCUT2D eigenvalue weighted by atomic mass is 32.1. The Morgan fingerprint density at radius 1 is 1.19 bits per heavy atom. The SMILES string of the molecule is O=C1NC(=S)CCN1C1O[C@H](COP(=O)(O)OP(=O)(O)C(F)(F)P(=O)(O)O)[C@@H](O)[C@H]1O. The predicted octanol–water partition coefficient (Wildman–Crippen LogP) is -0.777. The Morgan fingerprint density at radius 3 is 2.29 bits per heavy atom. The Bertz CT molecular complexity index is 886. The van der Waals surface area contributed by atoms with E-state index in [1.54, 1.807) is 0 Å². The molecule has 0 aromatic carbocycles. The minimum atomic E-state index is -6.74. The molecule has 2 aliphatic rings. The Hall–Kier alpha value is -0.450. The molecule has 0 radical (unpaired) electrons. The minimum absolute atomic E-state index is 0.0144. The molecule has 2 aliphatic heterocycles. The second-order valence-corrected chi connectivity index (χ2v) is 12.2. The molecule has 3 unspecified atom stereocenters. The summed E-state index contributed by atoms with van der Waals surface area (Å²) in [6.07, 6.45) is -6.48. The van der Waals surface area contributed by atoms with Gasteiger partial charge in [-0.05, 0) is 0 Å². The van der Waals surface area contributed by atoms with Crippen LogP contribution < -0.4 is 5.32 Å². The fourth-order valence-electron chi connectivity index (χ4n) is 2.49. The molecule has 2 saturated heterocycles. The molecule has 31 heavy (non-hydrogen) atoms. The lowest BCUT2D eigenvalue weighted by atomic mass is 10.1. The monoisotopic (exact) mass is 536 g/mol. The first-order valence-electron chi connectivity index (χ1n) is 7.97. The number of phosphoric acid groups is 1. The van der Waals surface area contributed by atoms with Gasteiger partial charge in [0.25, 0.3) is 0 Å². The van der Waals surface area contributed by atoms with Crippen LogP contribution in [0.2, 0.25) is 0 Å². The molecular formula is C10H17F2N2O13P3S. The van der Waals surface area contributed by atoms with Crippen molar-refractivity contribution >= 4 is 46.3 Å². The molecule has 0 aliphatic carbocycles. The third-order valence-electron chi connectivity index (χ3n) is 4.04. The number of thiocarbonyl (C=S) groups is 1. The van der Waals surface area contributed by atoms with Gasteiger partial charge in [-0.3, -0.25) is 18.6 Å². The van der Waals surface area contributed by atoms with E-state index in [0.717, 1.165) is 4.90 Å². The lowest BCUT2D eigenvalue weighted by Gasteiger charge is -2.33. The van der Waals surface area contributed by atoms with Crippen LogP contribution in [0.5, 0.6) is 0 Å². The normalized spacial score (nSPS) is 31.8. The van der Waals surface area contributed by atoms with Gasteiger partial charge < -0.3 is 39.8 Å². The fraction of sp³-hybridized carbons (Fsp3) is 0.800. The van der Waals surface area contributed by atoms with E-state index in [9.17, 15) is 42.4 Å². The van der Waals surface area contributed by atoms with Crippen LogP contribution in [-0.2, 0) is 27.3 Å². The van der Waals surface area contributed by atoms with Gasteiger partial charge in [-0.25, -0.2) is 13.7 Å². The number of alkyl halides is 2. The van der Waals surface area contributed by atoms with Crippen LogP contribution in [0, 0.1) is 0 Å². The molecule has 6 atom stereocenters. The van der Waals surface area contributed by atoms with Crippen molar-refractivity contribution in [3.8, 4) is 0 Å². The molecule has 2 fully saturated rings. The number of rotatable bonds is 8. The van der Waals surface area contributed by atoms with E-state index in [4.69, 9.17) is 31.6 Å². The third-order valence-corrected chi connectivity index (χ3v) is 9.45. The molecule has 15 nitrogen and oxygen atoms in total. The van der Waals surface area contributed by atoms with Crippen LogP contribution in [-0.4, -0.2) is 88.8 Å². The molecule has 0 spiro atoms.